The van der Waals surface area contributed by atoms with Gasteiger partial charge in [0.25, 0.3) is 5.56 Å². The standard InChI is InChI=1S/C20H25N7O2/c21-9-12-29-15-7-5-14(6-8-15)23-18-17-16(13-22-26-19(17)28)24-20(25-18)27-10-3-1-2-4-11-27/h5-8,13H,1-4,9-12,21H2,(H,26,28)(H,23,24,25). The van der Waals surface area contributed by atoms with Gasteiger partial charge in [-0.1, -0.05) is 12.8 Å². The molecule has 0 saturated carbocycles. The van der Waals surface area contributed by atoms with Gasteiger partial charge in [-0.05, 0) is 37.1 Å². The number of nitrogens with two attached hydrogens (primary N) is 1. The molecule has 1 aromatic carbocycles. The zero-order valence-corrected chi connectivity index (χ0v) is 16.2. The van der Waals surface area contributed by atoms with E-state index in [1.54, 1.807) is 6.20 Å². The maximum absolute atomic E-state index is 12.4. The number of rotatable bonds is 6. The van der Waals surface area contributed by atoms with Crippen LogP contribution in [0.3, 0.4) is 0 Å². The van der Waals surface area contributed by atoms with Crippen LogP contribution in [0.1, 0.15) is 25.7 Å². The van der Waals surface area contributed by atoms with E-state index in [4.69, 9.17) is 15.5 Å². The summed E-state index contributed by atoms with van der Waals surface area (Å²) in [6, 6.07) is 7.45. The van der Waals surface area contributed by atoms with E-state index < -0.39 is 0 Å². The molecule has 9 heteroatoms. The number of aromatic nitrogens is 4. The van der Waals surface area contributed by atoms with Gasteiger partial charge in [-0.25, -0.2) is 10.1 Å². The molecule has 9 nitrogen and oxygen atoms in total. The largest absolute Gasteiger partial charge is 0.492 e. The number of nitrogens with one attached hydrogen (secondary N) is 2. The van der Waals surface area contributed by atoms with Crippen LogP contribution in [0.2, 0.25) is 0 Å². The number of hydrogen-bond acceptors (Lipinski definition) is 8. The third-order valence-corrected chi connectivity index (χ3v) is 4.90. The lowest BCUT2D eigenvalue weighted by molar-refractivity contribution is 0.328. The maximum Gasteiger partial charge on any atom is 0.277 e. The molecule has 2 aromatic heterocycles. The summed E-state index contributed by atoms with van der Waals surface area (Å²) in [7, 11) is 0. The van der Waals surface area contributed by atoms with Crippen molar-refractivity contribution in [1.29, 1.82) is 0 Å². The molecule has 4 N–H and O–H groups in total. The fourth-order valence-electron chi connectivity index (χ4n) is 3.44. The van der Waals surface area contributed by atoms with Crippen LogP contribution in [0.5, 0.6) is 5.75 Å². The summed E-state index contributed by atoms with van der Waals surface area (Å²) >= 11 is 0. The average Bonchev–Trinajstić information content (AvgIpc) is 3.03. The topological polar surface area (TPSA) is 122 Å². The second kappa shape index (κ2) is 8.87. The zero-order chi connectivity index (χ0) is 20.1. The van der Waals surface area contributed by atoms with E-state index >= 15 is 0 Å². The minimum atomic E-state index is -0.324. The monoisotopic (exact) mass is 395 g/mol. The Kier molecular flexibility index (Phi) is 5.85. The Hall–Kier alpha value is -3.20. The van der Waals surface area contributed by atoms with Crippen molar-refractivity contribution in [3.63, 3.8) is 0 Å². The first-order chi connectivity index (χ1) is 14.2. The fraction of sp³-hybridized carbons (Fsp3) is 0.400. The molecule has 0 aliphatic carbocycles. The predicted molar refractivity (Wildman–Crippen MR) is 113 cm³/mol. The number of hydrogen-bond donors (Lipinski definition) is 3. The van der Waals surface area contributed by atoms with E-state index in [2.05, 4.69) is 25.4 Å². The number of fused-ring (bicyclic) bond motifs is 1. The Labute approximate surface area is 168 Å². The van der Waals surface area contributed by atoms with Gasteiger partial charge in [0, 0.05) is 25.3 Å². The molecule has 0 amide bonds. The molecule has 1 aliphatic heterocycles. The number of ether oxygens (including phenoxy) is 1. The molecule has 4 rings (SSSR count). The van der Waals surface area contributed by atoms with Crippen molar-refractivity contribution in [1.82, 2.24) is 20.2 Å². The maximum atomic E-state index is 12.4. The Bertz CT molecular complexity index is 1010. The predicted octanol–water partition coefficient (Wildman–Crippen LogP) is 2.17. The fourth-order valence-corrected chi connectivity index (χ4v) is 3.44. The number of aromatic amines is 1. The SMILES string of the molecule is NCCOc1ccc(Nc2nc(N3CCCCCC3)nc3cn[nH]c(=O)c23)cc1. The lowest BCUT2D eigenvalue weighted by atomic mass is 10.2. The van der Waals surface area contributed by atoms with Crippen LogP contribution < -0.4 is 26.2 Å². The van der Waals surface area contributed by atoms with Crippen LogP contribution in [0, 0.1) is 0 Å². The molecule has 29 heavy (non-hydrogen) atoms. The highest BCUT2D eigenvalue weighted by molar-refractivity contribution is 5.90. The molecule has 0 unspecified atom stereocenters. The first-order valence-electron chi connectivity index (χ1n) is 9.95. The Morgan fingerprint density at radius 2 is 1.86 bits per heavy atom. The van der Waals surface area contributed by atoms with Crippen LogP contribution in [0.4, 0.5) is 17.5 Å². The zero-order valence-electron chi connectivity index (χ0n) is 16.2. The van der Waals surface area contributed by atoms with Crippen molar-refractivity contribution in [2.45, 2.75) is 25.7 Å². The molecule has 1 fully saturated rings. The Morgan fingerprint density at radius 1 is 1.10 bits per heavy atom. The summed E-state index contributed by atoms with van der Waals surface area (Å²) in [5, 5.41) is 10.0. The molecule has 1 aliphatic rings. The van der Waals surface area contributed by atoms with Gasteiger partial charge in [0.1, 0.15) is 29.1 Å². The van der Waals surface area contributed by atoms with Crippen LogP contribution in [-0.4, -0.2) is 46.4 Å². The van der Waals surface area contributed by atoms with Crippen molar-refractivity contribution < 1.29 is 4.74 Å². The molecule has 3 aromatic rings. The lowest BCUT2D eigenvalue weighted by Gasteiger charge is -2.21. The van der Waals surface area contributed by atoms with E-state index in [1.807, 2.05) is 24.3 Å². The Morgan fingerprint density at radius 3 is 2.59 bits per heavy atom. The van der Waals surface area contributed by atoms with Gasteiger partial charge in [-0.2, -0.15) is 10.1 Å². The second-order valence-electron chi connectivity index (χ2n) is 7.02. The van der Waals surface area contributed by atoms with Gasteiger partial charge in [0.2, 0.25) is 5.95 Å². The van der Waals surface area contributed by atoms with E-state index in [1.165, 1.54) is 12.8 Å². The van der Waals surface area contributed by atoms with Gasteiger partial charge in [0.15, 0.2) is 0 Å². The summed E-state index contributed by atoms with van der Waals surface area (Å²) in [5.74, 6) is 1.83. The third kappa shape index (κ3) is 4.45. The molecule has 0 bridgehead atoms. The van der Waals surface area contributed by atoms with E-state index in [-0.39, 0.29) is 5.56 Å². The Balaban J connectivity index is 1.68. The third-order valence-electron chi connectivity index (χ3n) is 4.90. The molecule has 3 heterocycles. The highest BCUT2D eigenvalue weighted by Gasteiger charge is 2.17. The summed E-state index contributed by atoms with van der Waals surface area (Å²) in [6.45, 7) is 2.75. The van der Waals surface area contributed by atoms with Crippen molar-refractivity contribution in [2.24, 2.45) is 5.73 Å². The number of H-pyrrole nitrogens is 1. The van der Waals surface area contributed by atoms with Crippen LogP contribution >= 0.6 is 0 Å². The summed E-state index contributed by atoms with van der Waals surface area (Å²) in [5.41, 5.74) is 6.46. The first kappa shape index (κ1) is 19.1. The minimum absolute atomic E-state index is 0.324. The van der Waals surface area contributed by atoms with Gasteiger partial charge < -0.3 is 20.7 Å². The summed E-state index contributed by atoms with van der Waals surface area (Å²) in [6.07, 6.45) is 6.22. The van der Waals surface area contributed by atoms with Gasteiger partial charge >= 0.3 is 0 Å². The molecule has 0 spiro atoms. The summed E-state index contributed by atoms with van der Waals surface area (Å²) in [4.78, 5) is 23.9. The lowest BCUT2D eigenvalue weighted by Crippen LogP contribution is -2.26. The molecule has 1 saturated heterocycles. The average molecular weight is 395 g/mol. The first-order valence-corrected chi connectivity index (χ1v) is 9.95. The smallest absolute Gasteiger partial charge is 0.277 e. The molecule has 0 radical (unpaired) electrons. The quantitative estimate of drug-likeness (QED) is 0.580. The van der Waals surface area contributed by atoms with Gasteiger partial charge in [-0.15, -0.1) is 0 Å². The van der Waals surface area contributed by atoms with E-state index in [9.17, 15) is 4.79 Å². The molecular formula is C20H25N7O2. The highest BCUT2D eigenvalue weighted by atomic mass is 16.5. The van der Waals surface area contributed by atoms with Crippen LogP contribution in [0.25, 0.3) is 10.9 Å². The summed E-state index contributed by atoms with van der Waals surface area (Å²) < 4.78 is 5.51. The van der Waals surface area contributed by atoms with Crippen molar-refractivity contribution in [2.75, 3.05) is 36.5 Å². The van der Waals surface area contributed by atoms with Crippen molar-refractivity contribution >= 4 is 28.4 Å². The van der Waals surface area contributed by atoms with E-state index in [0.29, 0.717) is 35.8 Å². The van der Waals surface area contributed by atoms with Crippen LogP contribution in [-0.2, 0) is 0 Å². The second-order valence-corrected chi connectivity index (χ2v) is 7.02. The molecule has 0 atom stereocenters. The van der Waals surface area contributed by atoms with Gasteiger partial charge in [-0.3, -0.25) is 4.79 Å². The number of nitrogens with zero attached hydrogens (tertiary/aromatic N) is 4. The normalized spacial score (nSPS) is 14.6. The van der Waals surface area contributed by atoms with Crippen LogP contribution in [0.15, 0.2) is 35.3 Å². The number of benzene rings is 1. The molecular weight excluding hydrogens is 370 g/mol. The number of anilines is 3. The van der Waals surface area contributed by atoms with E-state index in [0.717, 1.165) is 37.4 Å². The van der Waals surface area contributed by atoms with Crippen molar-refractivity contribution in [3.8, 4) is 5.75 Å². The van der Waals surface area contributed by atoms with Gasteiger partial charge in [0.05, 0.1) is 6.20 Å². The highest BCUT2D eigenvalue weighted by Crippen LogP contribution is 2.26. The minimum Gasteiger partial charge on any atom is -0.492 e. The molecule has 152 valence electrons. The van der Waals surface area contributed by atoms with Crippen molar-refractivity contribution in [3.05, 3.63) is 40.8 Å².